The highest BCUT2D eigenvalue weighted by Crippen LogP contribution is 2.17. The molecular weight excluding hydrogens is 162 g/mol. The van der Waals surface area contributed by atoms with Crippen LogP contribution in [-0.4, -0.2) is 9.55 Å². The molecule has 0 saturated heterocycles. The molecular formula is C10H15N3. The second-order valence-corrected chi connectivity index (χ2v) is 3.03. The van der Waals surface area contributed by atoms with Gasteiger partial charge in [-0.2, -0.15) is 5.26 Å². The van der Waals surface area contributed by atoms with E-state index in [2.05, 4.69) is 29.5 Å². The Labute approximate surface area is 79.0 Å². The van der Waals surface area contributed by atoms with Gasteiger partial charge in [-0.15, -0.1) is 0 Å². The summed E-state index contributed by atoms with van der Waals surface area (Å²) in [6.45, 7) is 4.18. The third-order valence-corrected chi connectivity index (χ3v) is 2.26. The van der Waals surface area contributed by atoms with Crippen LogP contribution in [0.2, 0.25) is 0 Å². The lowest BCUT2D eigenvalue weighted by molar-refractivity contribution is 0.479. The van der Waals surface area contributed by atoms with Crippen molar-refractivity contribution >= 4 is 0 Å². The molecule has 3 heteroatoms. The van der Waals surface area contributed by atoms with Crippen molar-refractivity contribution in [1.29, 1.82) is 5.26 Å². The van der Waals surface area contributed by atoms with Crippen LogP contribution in [0.5, 0.6) is 0 Å². The molecule has 0 aromatic carbocycles. The fourth-order valence-electron chi connectivity index (χ4n) is 1.49. The Bertz CT molecular complexity index is 295. The normalized spacial score (nSPS) is 12.4. The van der Waals surface area contributed by atoms with Crippen molar-refractivity contribution in [3.05, 3.63) is 18.2 Å². The molecule has 1 aromatic rings. The average molecular weight is 177 g/mol. The number of imidazole rings is 1. The summed E-state index contributed by atoms with van der Waals surface area (Å²) in [5, 5.41) is 8.65. The van der Waals surface area contributed by atoms with E-state index in [1.165, 1.54) is 0 Å². The molecule has 0 fully saturated rings. The Morgan fingerprint density at radius 1 is 1.62 bits per heavy atom. The molecule has 1 heterocycles. The van der Waals surface area contributed by atoms with Crippen molar-refractivity contribution in [2.45, 2.75) is 39.2 Å². The minimum Gasteiger partial charge on any atom is -0.331 e. The molecule has 1 rings (SSSR count). The quantitative estimate of drug-likeness (QED) is 0.708. The van der Waals surface area contributed by atoms with Crippen LogP contribution in [0.3, 0.4) is 0 Å². The summed E-state index contributed by atoms with van der Waals surface area (Å²) in [7, 11) is 0. The van der Waals surface area contributed by atoms with Crippen LogP contribution < -0.4 is 0 Å². The third kappa shape index (κ3) is 2.09. The monoisotopic (exact) mass is 177 g/mol. The summed E-state index contributed by atoms with van der Waals surface area (Å²) in [6.07, 6.45) is 6.24. The maximum absolute atomic E-state index is 8.65. The van der Waals surface area contributed by atoms with Crippen LogP contribution in [0.25, 0.3) is 0 Å². The second kappa shape index (κ2) is 4.66. The average Bonchev–Trinajstić information content (AvgIpc) is 2.61. The Hall–Kier alpha value is -1.30. The molecule has 0 saturated carbocycles. The zero-order valence-corrected chi connectivity index (χ0v) is 8.20. The molecule has 0 N–H and O–H groups in total. The molecule has 70 valence electrons. The van der Waals surface area contributed by atoms with Crippen molar-refractivity contribution in [2.75, 3.05) is 0 Å². The van der Waals surface area contributed by atoms with Gasteiger partial charge in [-0.05, 0) is 6.42 Å². The summed E-state index contributed by atoms with van der Waals surface area (Å²) in [5.41, 5.74) is 0. The molecule has 0 aliphatic heterocycles. The fourth-order valence-corrected chi connectivity index (χ4v) is 1.49. The van der Waals surface area contributed by atoms with Gasteiger partial charge in [-0.3, -0.25) is 0 Å². The van der Waals surface area contributed by atoms with E-state index in [-0.39, 0.29) is 0 Å². The number of nitrogens with zero attached hydrogens (tertiary/aromatic N) is 3. The minimum absolute atomic E-state index is 0.294. The molecule has 13 heavy (non-hydrogen) atoms. The van der Waals surface area contributed by atoms with Crippen LogP contribution in [-0.2, 0) is 6.42 Å². The van der Waals surface area contributed by atoms with Crippen molar-refractivity contribution in [2.24, 2.45) is 0 Å². The van der Waals surface area contributed by atoms with E-state index < -0.39 is 0 Å². The fraction of sp³-hybridized carbons (Fsp3) is 0.600. The number of hydrogen-bond donors (Lipinski definition) is 0. The van der Waals surface area contributed by atoms with Gasteiger partial charge < -0.3 is 4.57 Å². The SMILES string of the molecule is CCc1nccn1C(CC)CC#N. The zero-order valence-electron chi connectivity index (χ0n) is 8.20. The van der Waals surface area contributed by atoms with Gasteiger partial charge in [0.15, 0.2) is 0 Å². The Kier molecular flexibility index (Phi) is 3.51. The first-order valence-corrected chi connectivity index (χ1v) is 4.72. The molecule has 1 aromatic heterocycles. The molecule has 0 spiro atoms. The van der Waals surface area contributed by atoms with Gasteiger partial charge in [-0.1, -0.05) is 13.8 Å². The number of aromatic nitrogens is 2. The Morgan fingerprint density at radius 3 is 2.92 bits per heavy atom. The first kappa shape index (κ1) is 9.79. The largest absolute Gasteiger partial charge is 0.331 e. The van der Waals surface area contributed by atoms with Gasteiger partial charge in [0.25, 0.3) is 0 Å². The smallest absolute Gasteiger partial charge is 0.108 e. The van der Waals surface area contributed by atoms with Gasteiger partial charge in [-0.25, -0.2) is 4.98 Å². The Balaban J connectivity index is 2.84. The lowest BCUT2D eigenvalue weighted by Gasteiger charge is -2.15. The maximum Gasteiger partial charge on any atom is 0.108 e. The molecule has 0 aliphatic rings. The summed E-state index contributed by atoms with van der Waals surface area (Å²) in [6, 6.07) is 2.50. The number of nitriles is 1. The van der Waals surface area contributed by atoms with Crippen LogP contribution in [0.15, 0.2) is 12.4 Å². The third-order valence-electron chi connectivity index (χ3n) is 2.26. The number of hydrogen-bond acceptors (Lipinski definition) is 2. The number of rotatable bonds is 4. The van der Waals surface area contributed by atoms with Crippen molar-refractivity contribution in [3.8, 4) is 6.07 Å². The first-order valence-electron chi connectivity index (χ1n) is 4.72. The molecule has 3 nitrogen and oxygen atoms in total. The Morgan fingerprint density at radius 2 is 2.38 bits per heavy atom. The van der Waals surface area contributed by atoms with E-state index in [9.17, 15) is 0 Å². The van der Waals surface area contributed by atoms with Gasteiger partial charge in [0.05, 0.1) is 12.5 Å². The topological polar surface area (TPSA) is 41.6 Å². The number of aryl methyl sites for hydroxylation is 1. The van der Waals surface area contributed by atoms with Gasteiger partial charge in [0.1, 0.15) is 5.82 Å². The highest BCUT2D eigenvalue weighted by Gasteiger charge is 2.10. The highest BCUT2D eigenvalue weighted by molar-refractivity contribution is 4.96. The predicted octanol–water partition coefficient (Wildman–Crippen LogP) is 2.31. The lowest BCUT2D eigenvalue weighted by atomic mass is 10.1. The van der Waals surface area contributed by atoms with E-state index in [1.807, 2.05) is 6.20 Å². The van der Waals surface area contributed by atoms with E-state index in [0.717, 1.165) is 18.7 Å². The van der Waals surface area contributed by atoms with E-state index in [1.54, 1.807) is 6.20 Å². The standard InChI is InChI=1S/C10H15N3/c1-3-9(5-6-11)13-8-7-12-10(13)4-2/h7-9H,3-5H2,1-2H3. The maximum atomic E-state index is 8.65. The minimum atomic E-state index is 0.294. The van der Waals surface area contributed by atoms with Gasteiger partial charge in [0, 0.05) is 24.9 Å². The van der Waals surface area contributed by atoms with E-state index in [0.29, 0.717) is 12.5 Å². The van der Waals surface area contributed by atoms with Gasteiger partial charge >= 0.3 is 0 Å². The zero-order chi connectivity index (χ0) is 9.68. The van der Waals surface area contributed by atoms with Crippen molar-refractivity contribution < 1.29 is 0 Å². The highest BCUT2D eigenvalue weighted by atomic mass is 15.1. The van der Waals surface area contributed by atoms with Crippen molar-refractivity contribution in [3.63, 3.8) is 0 Å². The van der Waals surface area contributed by atoms with Crippen LogP contribution in [0, 0.1) is 11.3 Å². The summed E-state index contributed by atoms with van der Waals surface area (Å²) in [4.78, 5) is 4.24. The molecule has 0 amide bonds. The summed E-state index contributed by atoms with van der Waals surface area (Å²) >= 11 is 0. The van der Waals surface area contributed by atoms with E-state index >= 15 is 0 Å². The predicted molar refractivity (Wildman–Crippen MR) is 51.2 cm³/mol. The second-order valence-electron chi connectivity index (χ2n) is 3.03. The molecule has 1 atom stereocenters. The van der Waals surface area contributed by atoms with Gasteiger partial charge in [0.2, 0.25) is 0 Å². The van der Waals surface area contributed by atoms with Crippen LogP contribution >= 0.6 is 0 Å². The summed E-state index contributed by atoms with van der Waals surface area (Å²) < 4.78 is 2.11. The van der Waals surface area contributed by atoms with Crippen LogP contribution in [0.4, 0.5) is 0 Å². The first-order chi connectivity index (χ1) is 6.33. The van der Waals surface area contributed by atoms with Crippen LogP contribution in [0.1, 0.15) is 38.6 Å². The van der Waals surface area contributed by atoms with E-state index in [4.69, 9.17) is 5.26 Å². The lowest BCUT2D eigenvalue weighted by Crippen LogP contribution is -2.09. The molecule has 0 radical (unpaired) electrons. The molecule has 0 bridgehead atoms. The molecule has 0 aliphatic carbocycles. The molecule has 1 unspecified atom stereocenters. The summed E-state index contributed by atoms with van der Waals surface area (Å²) in [5.74, 6) is 1.07. The van der Waals surface area contributed by atoms with Crippen molar-refractivity contribution in [1.82, 2.24) is 9.55 Å².